The van der Waals surface area contributed by atoms with Crippen LogP contribution in [-0.4, -0.2) is 25.6 Å². The predicted octanol–water partition coefficient (Wildman–Crippen LogP) is 1.26. The van der Waals surface area contributed by atoms with Gasteiger partial charge in [-0.25, -0.2) is 4.39 Å². The molecule has 1 aliphatic rings. The molecule has 0 bridgehead atoms. The fourth-order valence-electron chi connectivity index (χ4n) is 2.48. The van der Waals surface area contributed by atoms with Gasteiger partial charge in [0, 0.05) is 18.7 Å². The van der Waals surface area contributed by atoms with Crippen molar-refractivity contribution in [2.75, 3.05) is 24.3 Å². The van der Waals surface area contributed by atoms with Gasteiger partial charge >= 0.3 is 0 Å². The van der Waals surface area contributed by atoms with Crippen molar-refractivity contribution in [2.45, 2.75) is 25.3 Å². The quantitative estimate of drug-likeness (QED) is 0.808. The molecule has 19 heavy (non-hydrogen) atoms. The third-order valence-electron chi connectivity index (χ3n) is 3.44. The van der Waals surface area contributed by atoms with Crippen LogP contribution in [0.5, 0.6) is 5.75 Å². The Labute approximate surface area is 111 Å². The molecule has 0 spiro atoms. The van der Waals surface area contributed by atoms with E-state index in [1.165, 1.54) is 19.2 Å². The van der Waals surface area contributed by atoms with E-state index in [1.807, 2.05) is 4.90 Å². The zero-order valence-corrected chi connectivity index (χ0v) is 10.9. The highest BCUT2D eigenvalue weighted by atomic mass is 19.1. The maximum absolute atomic E-state index is 13.5. The number of anilines is 2. The Morgan fingerprint density at radius 3 is 2.84 bits per heavy atom. The molecule has 1 aliphatic heterocycles. The van der Waals surface area contributed by atoms with Crippen LogP contribution in [0, 0.1) is 5.82 Å². The van der Waals surface area contributed by atoms with Gasteiger partial charge in [0.1, 0.15) is 6.04 Å². The third-order valence-corrected chi connectivity index (χ3v) is 3.44. The molecule has 1 heterocycles. The Balaban J connectivity index is 2.41. The number of primary amides is 1. The lowest BCUT2D eigenvalue weighted by atomic mass is 10.00. The molecule has 0 saturated carbocycles. The Bertz CT molecular complexity index is 493. The first-order chi connectivity index (χ1) is 9.04. The van der Waals surface area contributed by atoms with Crippen LogP contribution in [0.4, 0.5) is 15.8 Å². The third kappa shape index (κ3) is 2.57. The van der Waals surface area contributed by atoms with Gasteiger partial charge in [-0.05, 0) is 19.3 Å². The molecular formula is C13H18FN3O2. The molecule has 104 valence electrons. The molecule has 1 aromatic rings. The molecule has 1 atom stereocenters. The molecule has 4 N–H and O–H groups in total. The molecule has 0 aromatic heterocycles. The van der Waals surface area contributed by atoms with E-state index >= 15 is 0 Å². The number of nitrogens with zero attached hydrogens (tertiary/aromatic N) is 1. The highest BCUT2D eigenvalue weighted by molar-refractivity contribution is 5.86. The summed E-state index contributed by atoms with van der Waals surface area (Å²) in [4.78, 5) is 13.3. The van der Waals surface area contributed by atoms with Crippen molar-refractivity contribution < 1.29 is 13.9 Å². The van der Waals surface area contributed by atoms with E-state index in [2.05, 4.69) is 0 Å². The summed E-state index contributed by atoms with van der Waals surface area (Å²) in [6, 6.07) is 2.33. The molecule has 1 unspecified atom stereocenters. The summed E-state index contributed by atoms with van der Waals surface area (Å²) in [5.74, 6) is -0.795. The molecule has 2 rings (SSSR count). The molecule has 1 aromatic carbocycles. The second-order valence-corrected chi connectivity index (χ2v) is 4.65. The maximum atomic E-state index is 13.5. The molecule has 1 saturated heterocycles. The standard InChI is InChI=1S/C13H18FN3O2/c1-19-12-7-11(9(15)6-8(12)14)17-5-3-2-4-10(17)13(16)18/h6-7,10H,2-5,15H2,1H3,(H2,16,18). The van der Waals surface area contributed by atoms with Crippen LogP contribution in [0.1, 0.15) is 19.3 Å². The van der Waals surface area contributed by atoms with Crippen molar-refractivity contribution in [3.63, 3.8) is 0 Å². The maximum Gasteiger partial charge on any atom is 0.240 e. The van der Waals surface area contributed by atoms with Crippen LogP contribution in [-0.2, 0) is 4.79 Å². The van der Waals surface area contributed by atoms with E-state index < -0.39 is 11.9 Å². The van der Waals surface area contributed by atoms with Crippen LogP contribution in [0.2, 0.25) is 0 Å². The molecule has 1 amide bonds. The van der Waals surface area contributed by atoms with Gasteiger partial charge in [-0.1, -0.05) is 0 Å². The number of halogens is 1. The smallest absolute Gasteiger partial charge is 0.240 e. The second-order valence-electron chi connectivity index (χ2n) is 4.65. The summed E-state index contributed by atoms with van der Waals surface area (Å²) >= 11 is 0. The van der Waals surface area contributed by atoms with E-state index in [1.54, 1.807) is 0 Å². The average Bonchev–Trinajstić information content (AvgIpc) is 2.39. The van der Waals surface area contributed by atoms with Crippen molar-refractivity contribution in [3.8, 4) is 5.75 Å². The number of rotatable bonds is 3. The highest BCUT2D eigenvalue weighted by Crippen LogP contribution is 2.34. The van der Waals surface area contributed by atoms with Crippen molar-refractivity contribution in [1.29, 1.82) is 0 Å². The summed E-state index contributed by atoms with van der Waals surface area (Å²) in [6.07, 6.45) is 2.58. The van der Waals surface area contributed by atoms with Crippen LogP contribution >= 0.6 is 0 Å². The topological polar surface area (TPSA) is 81.6 Å². The van der Waals surface area contributed by atoms with Gasteiger partial charge in [0.05, 0.1) is 18.5 Å². The lowest BCUT2D eigenvalue weighted by Gasteiger charge is -2.36. The highest BCUT2D eigenvalue weighted by Gasteiger charge is 2.29. The van der Waals surface area contributed by atoms with Gasteiger partial charge < -0.3 is 21.1 Å². The van der Waals surface area contributed by atoms with E-state index in [4.69, 9.17) is 16.2 Å². The fourth-order valence-corrected chi connectivity index (χ4v) is 2.48. The number of ether oxygens (including phenoxy) is 1. The van der Waals surface area contributed by atoms with Crippen LogP contribution in [0.3, 0.4) is 0 Å². The molecule has 0 aliphatic carbocycles. The van der Waals surface area contributed by atoms with Crippen molar-refractivity contribution in [2.24, 2.45) is 5.73 Å². The minimum absolute atomic E-state index is 0.109. The number of benzene rings is 1. The molecule has 0 radical (unpaired) electrons. The molecule has 6 heteroatoms. The van der Waals surface area contributed by atoms with E-state index in [0.29, 0.717) is 18.7 Å². The Kier molecular flexibility index (Phi) is 3.78. The molecular weight excluding hydrogens is 249 g/mol. The van der Waals surface area contributed by atoms with Crippen molar-refractivity contribution >= 4 is 17.3 Å². The first-order valence-corrected chi connectivity index (χ1v) is 6.23. The lowest BCUT2D eigenvalue weighted by Crippen LogP contribution is -2.48. The minimum atomic E-state index is -0.517. The van der Waals surface area contributed by atoms with Crippen LogP contribution in [0.25, 0.3) is 0 Å². The number of piperidine rings is 1. The zero-order chi connectivity index (χ0) is 14.0. The van der Waals surface area contributed by atoms with Gasteiger partial charge in [-0.3, -0.25) is 4.79 Å². The van der Waals surface area contributed by atoms with E-state index in [-0.39, 0.29) is 17.3 Å². The zero-order valence-electron chi connectivity index (χ0n) is 10.9. The van der Waals surface area contributed by atoms with Gasteiger partial charge in [0.15, 0.2) is 11.6 Å². The summed E-state index contributed by atoms with van der Waals surface area (Å²) in [5.41, 5.74) is 12.2. The van der Waals surface area contributed by atoms with E-state index in [9.17, 15) is 9.18 Å². The number of amides is 1. The molecule has 1 fully saturated rings. The van der Waals surface area contributed by atoms with Crippen LogP contribution in [0.15, 0.2) is 12.1 Å². The fraction of sp³-hybridized carbons (Fsp3) is 0.462. The molecule has 5 nitrogen and oxygen atoms in total. The average molecular weight is 267 g/mol. The van der Waals surface area contributed by atoms with Gasteiger partial charge in [0.25, 0.3) is 0 Å². The number of hydrogen-bond donors (Lipinski definition) is 2. The first-order valence-electron chi connectivity index (χ1n) is 6.23. The summed E-state index contributed by atoms with van der Waals surface area (Å²) < 4.78 is 18.5. The van der Waals surface area contributed by atoms with Gasteiger partial charge in [0.2, 0.25) is 5.91 Å². The number of carbonyl (C=O) groups is 1. The van der Waals surface area contributed by atoms with Crippen molar-refractivity contribution in [3.05, 3.63) is 17.9 Å². The SMILES string of the molecule is COc1cc(N2CCCCC2C(N)=O)c(N)cc1F. The number of hydrogen-bond acceptors (Lipinski definition) is 4. The monoisotopic (exact) mass is 267 g/mol. The van der Waals surface area contributed by atoms with E-state index in [0.717, 1.165) is 12.8 Å². The Morgan fingerprint density at radius 1 is 1.47 bits per heavy atom. The van der Waals surface area contributed by atoms with Gasteiger partial charge in [-0.15, -0.1) is 0 Å². The second kappa shape index (κ2) is 5.34. The Morgan fingerprint density at radius 2 is 2.21 bits per heavy atom. The number of carbonyl (C=O) groups excluding carboxylic acids is 1. The Hall–Kier alpha value is -1.98. The summed E-state index contributed by atoms with van der Waals surface area (Å²) in [6.45, 7) is 0.673. The number of nitrogens with two attached hydrogens (primary N) is 2. The van der Waals surface area contributed by atoms with Crippen LogP contribution < -0.4 is 21.1 Å². The van der Waals surface area contributed by atoms with Gasteiger partial charge in [-0.2, -0.15) is 0 Å². The largest absolute Gasteiger partial charge is 0.494 e. The number of methoxy groups -OCH3 is 1. The lowest BCUT2D eigenvalue weighted by molar-refractivity contribution is -0.119. The normalized spacial score (nSPS) is 19.3. The predicted molar refractivity (Wildman–Crippen MR) is 71.5 cm³/mol. The number of nitrogen functional groups attached to an aromatic ring is 1. The first kappa shape index (κ1) is 13.5. The summed E-state index contributed by atoms with van der Waals surface area (Å²) in [5, 5.41) is 0. The minimum Gasteiger partial charge on any atom is -0.494 e. The van der Waals surface area contributed by atoms with Crippen molar-refractivity contribution in [1.82, 2.24) is 0 Å². The summed E-state index contributed by atoms with van der Waals surface area (Å²) in [7, 11) is 1.39.